The van der Waals surface area contributed by atoms with E-state index >= 15 is 0 Å². The third-order valence-electron chi connectivity index (χ3n) is 4.07. The molecule has 26 heavy (non-hydrogen) atoms. The van der Waals surface area contributed by atoms with Gasteiger partial charge in [0.15, 0.2) is 6.61 Å². The second-order valence-corrected chi connectivity index (χ2v) is 7.55. The molecule has 138 valence electrons. The van der Waals surface area contributed by atoms with Crippen molar-refractivity contribution in [3.05, 3.63) is 64.7 Å². The maximum absolute atomic E-state index is 12.3. The highest BCUT2D eigenvalue weighted by Gasteiger charge is 2.18. The zero-order chi connectivity index (χ0) is 19.3. The molecule has 0 fully saturated rings. The quantitative estimate of drug-likeness (QED) is 0.731. The first kappa shape index (κ1) is 19.8. The van der Waals surface area contributed by atoms with E-state index in [9.17, 15) is 13.8 Å². The highest BCUT2D eigenvalue weighted by atomic mass is 32.2. The summed E-state index contributed by atoms with van der Waals surface area (Å²) < 4.78 is 16.8. The van der Waals surface area contributed by atoms with Crippen LogP contribution in [0.4, 0.5) is 0 Å². The molecule has 0 bridgehead atoms. The fourth-order valence-corrected chi connectivity index (χ4v) is 3.30. The minimum absolute atomic E-state index is 0.221. The van der Waals surface area contributed by atoms with Crippen molar-refractivity contribution in [2.75, 3.05) is 19.9 Å². The van der Waals surface area contributed by atoms with E-state index in [1.807, 2.05) is 26.0 Å². The molecule has 2 aromatic carbocycles. The van der Waals surface area contributed by atoms with Crippen molar-refractivity contribution in [3.8, 4) is 0 Å². The van der Waals surface area contributed by atoms with E-state index in [1.54, 1.807) is 31.3 Å². The Labute approximate surface area is 156 Å². The molecule has 2 rings (SSSR count). The Hall–Kier alpha value is -2.47. The summed E-state index contributed by atoms with van der Waals surface area (Å²) in [5.41, 5.74) is 3.55. The molecule has 2 aromatic rings. The Kier molecular flexibility index (Phi) is 6.69. The molecule has 0 aliphatic rings. The Morgan fingerprint density at radius 3 is 2.46 bits per heavy atom. The average molecular weight is 373 g/mol. The van der Waals surface area contributed by atoms with Gasteiger partial charge in [0.05, 0.1) is 21.3 Å². The van der Waals surface area contributed by atoms with Crippen LogP contribution in [0, 0.1) is 13.8 Å². The number of rotatable bonds is 6. The third-order valence-corrected chi connectivity index (χ3v) is 5.05. The summed E-state index contributed by atoms with van der Waals surface area (Å²) in [6.07, 6.45) is 1.49. The number of amides is 1. The maximum atomic E-state index is 12.3. The standard InChI is InChI=1S/C20H23NO4S/c1-14-9-10-16(15(2)11-14)12-21(3)19(22)13-25-20(23)17-7-5-6-8-18(17)26(4)24/h5-11H,12-13H2,1-4H3/t26-/m0/s1. The van der Waals surface area contributed by atoms with E-state index in [4.69, 9.17) is 4.74 Å². The van der Waals surface area contributed by atoms with E-state index in [-0.39, 0.29) is 18.1 Å². The summed E-state index contributed by atoms with van der Waals surface area (Å²) in [5.74, 6) is -0.947. The van der Waals surface area contributed by atoms with Gasteiger partial charge in [0.25, 0.3) is 5.91 Å². The highest BCUT2D eigenvalue weighted by molar-refractivity contribution is 7.84. The van der Waals surface area contributed by atoms with Gasteiger partial charge in [-0.25, -0.2) is 4.79 Å². The van der Waals surface area contributed by atoms with Crippen LogP contribution in [-0.4, -0.2) is 40.9 Å². The molecule has 1 atom stereocenters. The topological polar surface area (TPSA) is 63.7 Å². The van der Waals surface area contributed by atoms with Crippen LogP contribution in [0.15, 0.2) is 47.4 Å². The molecule has 0 aliphatic heterocycles. The summed E-state index contributed by atoms with van der Waals surface area (Å²) in [7, 11) is 0.360. The highest BCUT2D eigenvalue weighted by Crippen LogP contribution is 2.15. The molecule has 0 radical (unpaired) electrons. The van der Waals surface area contributed by atoms with Crippen LogP contribution in [0.1, 0.15) is 27.0 Å². The molecule has 0 saturated carbocycles. The number of ether oxygens (including phenoxy) is 1. The minimum atomic E-state index is -1.31. The Morgan fingerprint density at radius 2 is 1.81 bits per heavy atom. The molecule has 0 heterocycles. The van der Waals surface area contributed by atoms with Gasteiger partial charge in [-0.2, -0.15) is 0 Å². The zero-order valence-corrected chi connectivity index (χ0v) is 16.3. The van der Waals surface area contributed by atoms with Crippen molar-refractivity contribution in [1.82, 2.24) is 4.90 Å². The number of aryl methyl sites for hydroxylation is 2. The first-order valence-electron chi connectivity index (χ1n) is 8.19. The monoisotopic (exact) mass is 373 g/mol. The first-order chi connectivity index (χ1) is 12.3. The van der Waals surface area contributed by atoms with E-state index in [2.05, 4.69) is 6.07 Å². The average Bonchev–Trinajstić information content (AvgIpc) is 2.61. The third kappa shape index (κ3) is 5.02. The molecule has 5 nitrogen and oxygen atoms in total. The van der Waals surface area contributed by atoms with Gasteiger partial charge in [0.2, 0.25) is 0 Å². The fraction of sp³-hybridized carbons (Fsp3) is 0.300. The lowest BCUT2D eigenvalue weighted by atomic mass is 10.1. The molecule has 0 spiro atoms. The molecule has 0 saturated heterocycles. The Morgan fingerprint density at radius 1 is 1.12 bits per heavy atom. The van der Waals surface area contributed by atoms with E-state index in [0.29, 0.717) is 11.4 Å². The van der Waals surface area contributed by atoms with Gasteiger partial charge >= 0.3 is 5.97 Å². The molecule has 0 N–H and O–H groups in total. The van der Waals surface area contributed by atoms with Crippen molar-refractivity contribution in [2.24, 2.45) is 0 Å². The lowest BCUT2D eigenvalue weighted by Gasteiger charge is -2.19. The van der Waals surface area contributed by atoms with Gasteiger partial charge < -0.3 is 9.64 Å². The van der Waals surface area contributed by atoms with Crippen molar-refractivity contribution < 1.29 is 18.5 Å². The van der Waals surface area contributed by atoms with Crippen molar-refractivity contribution in [3.63, 3.8) is 0 Å². The number of esters is 1. The molecular weight excluding hydrogens is 350 g/mol. The minimum Gasteiger partial charge on any atom is -0.452 e. The Bertz CT molecular complexity index is 847. The molecule has 0 unspecified atom stereocenters. The van der Waals surface area contributed by atoms with Crippen molar-refractivity contribution >= 4 is 22.7 Å². The van der Waals surface area contributed by atoms with Crippen LogP contribution < -0.4 is 0 Å². The van der Waals surface area contributed by atoms with Gasteiger partial charge in [-0.3, -0.25) is 9.00 Å². The van der Waals surface area contributed by atoms with Crippen molar-refractivity contribution in [1.29, 1.82) is 0 Å². The number of hydrogen-bond donors (Lipinski definition) is 0. The molecule has 0 aromatic heterocycles. The van der Waals surface area contributed by atoms with Crippen LogP contribution in [0.2, 0.25) is 0 Å². The van der Waals surface area contributed by atoms with Crippen LogP contribution in [-0.2, 0) is 26.9 Å². The summed E-state index contributed by atoms with van der Waals surface area (Å²) >= 11 is 0. The number of benzene rings is 2. The van der Waals surface area contributed by atoms with Gasteiger partial charge in [0.1, 0.15) is 0 Å². The van der Waals surface area contributed by atoms with Crippen LogP contribution in [0.3, 0.4) is 0 Å². The normalized spacial score (nSPS) is 11.7. The molecule has 6 heteroatoms. The van der Waals surface area contributed by atoms with Gasteiger partial charge in [-0.05, 0) is 37.1 Å². The van der Waals surface area contributed by atoms with Gasteiger partial charge in [-0.15, -0.1) is 0 Å². The smallest absolute Gasteiger partial charge is 0.339 e. The van der Waals surface area contributed by atoms with Crippen LogP contribution in [0.25, 0.3) is 0 Å². The summed E-state index contributed by atoms with van der Waals surface area (Å²) in [5, 5.41) is 0. The van der Waals surface area contributed by atoms with E-state index < -0.39 is 16.8 Å². The number of carbonyl (C=O) groups is 2. The summed E-state index contributed by atoms with van der Waals surface area (Å²) in [6.45, 7) is 4.11. The van der Waals surface area contributed by atoms with Crippen LogP contribution in [0.5, 0.6) is 0 Å². The predicted octanol–water partition coefficient (Wildman–Crippen LogP) is 2.86. The molecule has 0 aliphatic carbocycles. The van der Waals surface area contributed by atoms with E-state index in [0.717, 1.165) is 11.1 Å². The largest absolute Gasteiger partial charge is 0.452 e. The predicted molar refractivity (Wildman–Crippen MR) is 101 cm³/mol. The number of likely N-dealkylation sites (N-methyl/N-ethyl adjacent to an activating group) is 1. The van der Waals surface area contributed by atoms with Gasteiger partial charge in [-0.1, -0.05) is 35.9 Å². The van der Waals surface area contributed by atoms with Gasteiger partial charge in [0, 0.05) is 19.8 Å². The second-order valence-electron chi connectivity index (χ2n) is 6.21. The lowest BCUT2D eigenvalue weighted by Crippen LogP contribution is -2.31. The number of nitrogens with zero attached hydrogens (tertiary/aromatic N) is 1. The number of hydrogen-bond acceptors (Lipinski definition) is 4. The number of carbonyl (C=O) groups excluding carboxylic acids is 2. The lowest BCUT2D eigenvalue weighted by molar-refractivity contribution is -0.133. The summed E-state index contributed by atoms with van der Waals surface area (Å²) in [4.78, 5) is 26.4. The Balaban J connectivity index is 1.97. The maximum Gasteiger partial charge on any atom is 0.339 e. The zero-order valence-electron chi connectivity index (χ0n) is 15.4. The fourth-order valence-electron chi connectivity index (χ4n) is 2.57. The van der Waals surface area contributed by atoms with Crippen molar-refractivity contribution in [2.45, 2.75) is 25.3 Å². The van der Waals surface area contributed by atoms with E-state index in [1.165, 1.54) is 16.7 Å². The molecule has 1 amide bonds. The second kappa shape index (κ2) is 8.76. The SMILES string of the molecule is Cc1ccc(CN(C)C(=O)COC(=O)c2ccccc2[S@](C)=O)c(C)c1. The molecular formula is C20H23NO4S. The van der Waals surface area contributed by atoms with Crippen LogP contribution >= 0.6 is 0 Å². The first-order valence-corrected chi connectivity index (χ1v) is 9.75. The summed E-state index contributed by atoms with van der Waals surface area (Å²) in [6, 6.07) is 12.6.